The SMILES string of the molecule is COC1CC(N2CCC(C(C)N)C2)C1. The minimum Gasteiger partial charge on any atom is -0.381 e. The monoisotopic (exact) mass is 198 g/mol. The molecule has 0 aromatic rings. The smallest absolute Gasteiger partial charge is 0.0601 e. The van der Waals surface area contributed by atoms with Crippen molar-refractivity contribution in [2.45, 2.75) is 44.4 Å². The van der Waals surface area contributed by atoms with E-state index in [2.05, 4.69) is 11.8 Å². The lowest BCUT2D eigenvalue weighted by Gasteiger charge is -2.40. The number of nitrogens with zero attached hydrogens (tertiary/aromatic N) is 1. The van der Waals surface area contributed by atoms with Crippen LogP contribution in [0.1, 0.15) is 26.2 Å². The van der Waals surface area contributed by atoms with E-state index in [1.54, 1.807) is 0 Å². The molecule has 3 nitrogen and oxygen atoms in total. The zero-order valence-electron chi connectivity index (χ0n) is 9.28. The summed E-state index contributed by atoms with van der Waals surface area (Å²) in [5.41, 5.74) is 5.92. The van der Waals surface area contributed by atoms with E-state index in [0.717, 1.165) is 12.0 Å². The molecule has 0 spiro atoms. The summed E-state index contributed by atoms with van der Waals surface area (Å²) in [6, 6.07) is 1.14. The van der Waals surface area contributed by atoms with Crippen LogP contribution in [0.4, 0.5) is 0 Å². The first-order valence-corrected chi connectivity index (χ1v) is 5.73. The van der Waals surface area contributed by atoms with E-state index in [1.165, 1.54) is 32.4 Å². The van der Waals surface area contributed by atoms with Crippen LogP contribution in [0.3, 0.4) is 0 Å². The minimum atomic E-state index is 0.360. The summed E-state index contributed by atoms with van der Waals surface area (Å²) in [6.45, 7) is 4.58. The van der Waals surface area contributed by atoms with Gasteiger partial charge in [0, 0.05) is 25.7 Å². The fraction of sp³-hybridized carbons (Fsp3) is 1.00. The van der Waals surface area contributed by atoms with Gasteiger partial charge in [-0.25, -0.2) is 0 Å². The van der Waals surface area contributed by atoms with Gasteiger partial charge in [-0.2, -0.15) is 0 Å². The van der Waals surface area contributed by atoms with Crippen molar-refractivity contribution in [1.29, 1.82) is 0 Å². The Kier molecular flexibility index (Phi) is 3.10. The Morgan fingerprint density at radius 3 is 2.64 bits per heavy atom. The fourth-order valence-electron chi connectivity index (χ4n) is 2.60. The van der Waals surface area contributed by atoms with Gasteiger partial charge in [-0.3, -0.25) is 4.90 Å². The first kappa shape index (κ1) is 10.4. The van der Waals surface area contributed by atoms with Crippen LogP contribution in [0.25, 0.3) is 0 Å². The Labute approximate surface area is 86.6 Å². The van der Waals surface area contributed by atoms with Crippen LogP contribution >= 0.6 is 0 Å². The Hall–Kier alpha value is -0.120. The molecule has 1 saturated heterocycles. The Morgan fingerprint density at radius 2 is 2.14 bits per heavy atom. The van der Waals surface area contributed by atoms with Gasteiger partial charge in [0.25, 0.3) is 0 Å². The summed E-state index contributed by atoms with van der Waals surface area (Å²) >= 11 is 0. The molecule has 0 amide bonds. The van der Waals surface area contributed by atoms with Gasteiger partial charge in [0.15, 0.2) is 0 Å². The third-order valence-corrected chi connectivity index (χ3v) is 3.92. The van der Waals surface area contributed by atoms with Gasteiger partial charge < -0.3 is 10.5 Å². The largest absolute Gasteiger partial charge is 0.381 e. The Morgan fingerprint density at radius 1 is 1.43 bits per heavy atom. The zero-order chi connectivity index (χ0) is 10.1. The van der Waals surface area contributed by atoms with Crippen LogP contribution in [-0.4, -0.2) is 43.3 Å². The molecule has 2 unspecified atom stereocenters. The second-order valence-electron chi connectivity index (χ2n) is 4.89. The first-order valence-electron chi connectivity index (χ1n) is 5.73. The van der Waals surface area contributed by atoms with E-state index in [9.17, 15) is 0 Å². The molecule has 0 bridgehead atoms. The average molecular weight is 198 g/mol. The number of ether oxygens (including phenoxy) is 1. The molecule has 1 aliphatic heterocycles. The molecule has 14 heavy (non-hydrogen) atoms. The quantitative estimate of drug-likeness (QED) is 0.730. The van der Waals surface area contributed by atoms with Gasteiger partial charge in [0.05, 0.1) is 6.10 Å². The van der Waals surface area contributed by atoms with Crippen molar-refractivity contribution in [1.82, 2.24) is 4.90 Å². The molecule has 1 aliphatic carbocycles. The molecule has 1 heterocycles. The standard InChI is InChI=1S/C11H22N2O/c1-8(12)9-3-4-13(7-9)10-5-11(6-10)14-2/h8-11H,3-7,12H2,1-2H3. The topological polar surface area (TPSA) is 38.5 Å². The summed E-state index contributed by atoms with van der Waals surface area (Å²) in [5.74, 6) is 0.719. The average Bonchev–Trinajstić information content (AvgIpc) is 2.51. The van der Waals surface area contributed by atoms with Gasteiger partial charge in [0.2, 0.25) is 0 Å². The summed E-state index contributed by atoms with van der Waals surface area (Å²) in [5, 5.41) is 0. The zero-order valence-corrected chi connectivity index (χ0v) is 9.28. The lowest BCUT2D eigenvalue weighted by molar-refractivity contribution is -0.0213. The molecule has 2 N–H and O–H groups in total. The van der Waals surface area contributed by atoms with Crippen molar-refractivity contribution in [3.63, 3.8) is 0 Å². The molecular formula is C11H22N2O. The van der Waals surface area contributed by atoms with Crippen LogP contribution < -0.4 is 5.73 Å². The summed E-state index contributed by atoms with van der Waals surface area (Å²) in [4.78, 5) is 2.60. The molecule has 82 valence electrons. The normalized spacial score (nSPS) is 40.9. The highest BCUT2D eigenvalue weighted by molar-refractivity contribution is 4.92. The van der Waals surface area contributed by atoms with Crippen molar-refractivity contribution in [3.05, 3.63) is 0 Å². The molecule has 2 rings (SSSR count). The number of hydrogen-bond donors (Lipinski definition) is 1. The van der Waals surface area contributed by atoms with Gasteiger partial charge >= 0.3 is 0 Å². The van der Waals surface area contributed by atoms with Crippen LogP contribution in [0.15, 0.2) is 0 Å². The Balaban J connectivity index is 1.74. The Bertz CT molecular complexity index is 190. The minimum absolute atomic E-state index is 0.360. The number of rotatable bonds is 3. The van der Waals surface area contributed by atoms with E-state index in [1.807, 2.05) is 7.11 Å². The summed E-state index contributed by atoms with van der Waals surface area (Å²) in [7, 11) is 1.82. The highest BCUT2D eigenvalue weighted by Crippen LogP contribution is 2.32. The van der Waals surface area contributed by atoms with Crippen molar-refractivity contribution in [2.24, 2.45) is 11.7 Å². The van der Waals surface area contributed by atoms with E-state index in [0.29, 0.717) is 12.1 Å². The molecule has 0 radical (unpaired) electrons. The van der Waals surface area contributed by atoms with Gasteiger partial charge in [0.1, 0.15) is 0 Å². The van der Waals surface area contributed by atoms with Crippen LogP contribution in [-0.2, 0) is 4.74 Å². The summed E-state index contributed by atoms with van der Waals surface area (Å²) < 4.78 is 5.30. The maximum atomic E-state index is 5.92. The fourth-order valence-corrected chi connectivity index (χ4v) is 2.60. The second-order valence-corrected chi connectivity index (χ2v) is 4.89. The second kappa shape index (κ2) is 4.17. The maximum absolute atomic E-state index is 5.92. The molecular weight excluding hydrogens is 176 g/mol. The van der Waals surface area contributed by atoms with E-state index in [4.69, 9.17) is 10.5 Å². The molecule has 2 fully saturated rings. The molecule has 2 aliphatic rings. The van der Waals surface area contributed by atoms with Crippen LogP contribution in [0, 0.1) is 5.92 Å². The first-order chi connectivity index (χ1) is 6.70. The molecule has 0 aromatic carbocycles. The predicted molar refractivity (Wildman–Crippen MR) is 57.1 cm³/mol. The highest BCUT2D eigenvalue weighted by Gasteiger charge is 2.37. The maximum Gasteiger partial charge on any atom is 0.0601 e. The number of nitrogens with two attached hydrogens (primary N) is 1. The van der Waals surface area contributed by atoms with E-state index >= 15 is 0 Å². The number of likely N-dealkylation sites (tertiary alicyclic amines) is 1. The summed E-state index contributed by atoms with van der Waals surface area (Å²) in [6.07, 6.45) is 4.25. The van der Waals surface area contributed by atoms with Gasteiger partial charge in [-0.05, 0) is 38.6 Å². The van der Waals surface area contributed by atoms with Crippen molar-refractivity contribution in [2.75, 3.05) is 20.2 Å². The van der Waals surface area contributed by atoms with E-state index < -0.39 is 0 Å². The molecule has 3 heteroatoms. The predicted octanol–water partition coefficient (Wildman–Crippen LogP) is 0.833. The van der Waals surface area contributed by atoms with Crippen LogP contribution in [0.2, 0.25) is 0 Å². The molecule has 1 saturated carbocycles. The van der Waals surface area contributed by atoms with E-state index in [-0.39, 0.29) is 0 Å². The molecule has 0 aromatic heterocycles. The lowest BCUT2D eigenvalue weighted by atomic mass is 9.88. The highest BCUT2D eigenvalue weighted by atomic mass is 16.5. The van der Waals surface area contributed by atoms with Crippen LogP contribution in [0.5, 0.6) is 0 Å². The van der Waals surface area contributed by atoms with Gasteiger partial charge in [-0.15, -0.1) is 0 Å². The lowest BCUT2D eigenvalue weighted by Crippen LogP contribution is -2.47. The number of hydrogen-bond acceptors (Lipinski definition) is 3. The van der Waals surface area contributed by atoms with Crippen molar-refractivity contribution >= 4 is 0 Å². The number of methoxy groups -OCH3 is 1. The molecule has 2 atom stereocenters. The van der Waals surface area contributed by atoms with Crippen molar-refractivity contribution < 1.29 is 4.74 Å². The third kappa shape index (κ3) is 1.95. The third-order valence-electron chi connectivity index (χ3n) is 3.92. The van der Waals surface area contributed by atoms with Gasteiger partial charge in [-0.1, -0.05) is 0 Å². The van der Waals surface area contributed by atoms with Crippen molar-refractivity contribution in [3.8, 4) is 0 Å².